The molecule has 4 heteroatoms. The van der Waals surface area contributed by atoms with Crippen LogP contribution in [0.1, 0.15) is 72.6 Å². The Morgan fingerprint density at radius 1 is 1.16 bits per heavy atom. The van der Waals surface area contributed by atoms with Gasteiger partial charge in [-0.25, -0.2) is 0 Å². The Bertz CT molecular complexity index is 459. The molecule has 0 saturated heterocycles. The third-order valence-electron chi connectivity index (χ3n) is 4.27. The minimum atomic E-state index is -0.400. The number of benzene rings is 1. The van der Waals surface area contributed by atoms with Crippen LogP contribution >= 0.6 is 11.6 Å². The number of amides is 1. The Balaban J connectivity index is 0.00000134. The third kappa shape index (κ3) is 9.27. The van der Waals surface area contributed by atoms with Gasteiger partial charge in [0.2, 0.25) is 0 Å². The van der Waals surface area contributed by atoms with E-state index < -0.39 is 6.10 Å². The quantitative estimate of drug-likeness (QED) is 0.605. The van der Waals surface area contributed by atoms with E-state index in [0.29, 0.717) is 10.7 Å². The average Bonchev–Trinajstić information content (AvgIpc) is 2.68. The standard InChI is InChI=1S/C17H24ClNO2.2C2H6/c1-21-16(12-11-13-7-3-2-4-8-13)17(20)19-15-10-6-5-9-14(15)18;2*1-2/h5-6,9-10,13,16H,2-4,7-8,11-12H2,1H3,(H,19,20);2*1-2H3. The summed E-state index contributed by atoms with van der Waals surface area (Å²) in [6.07, 6.45) is 8.04. The summed E-state index contributed by atoms with van der Waals surface area (Å²) in [6, 6.07) is 7.26. The van der Waals surface area contributed by atoms with Crippen LogP contribution < -0.4 is 5.32 Å². The van der Waals surface area contributed by atoms with Gasteiger partial charge in [0.15, 0.2) is 0 Å². The number of halogens is 1. The van der Waals surface area contributed by atoms with E-state index in [1.165, 1.54) is 32.1 Å². The van der Waals surface area contributed by atoms with Crippen LogP contribution in [0, 0.1) is 5.92 Å². The maximum absolute atomic E-state index is 12.3. The van der Waals surface area contributed by atoms with Crippen molar-refractivity contribution in [1.82, 2.24) is 0 Å². The van der Waals surface area contributed by atoms with Crippen LogP contribution in [0.25, 0.3) is 0 Å². The van der Waals surface area contributed by atoms with Gasteiger partial charge in [0, 0.05) is 7.11 Å². The molecule has 1 aliphatic carbocycles. The zero-order valence-corrected chi connectivity index (χ0v) is 17.4. The van der Waals surface area contributed by atoms with Crippen LogP contribution in [-0.2, 0) is 9.53 Å². The Labute approximate surface area is 159 Å². The second-order valence-electron chi connectivity index (χ2n) is 5.77. The lowest BCUT2D eigenvalue weighted by Gasteiger charge is -2.23. The SMILES string of the molecule is CC.CC.COC(CCC1CCCCC1)C(=O)Nc1ccccc1Cl. The number of hydrogen-bond donors (Lipinski definition) is 1. The lowest BCUT2D eigenvalue weighted by Crippen LogP contribution is -2.30. The maximum Gasteiger partial charge on any atom is 0.253 e. The van der Waals surface area contributed by atoms with E-state index in [4.69, 9.17) is 16.3 Å². The van der Waals surface area contributed by atoms with Gasteiger partial charge < -0.3 is 10.1 Å². The molecular formula is C21H36ClNO2. The van der Waals surface area contributed by atoms with Gasteiger partial charge in [0.1, 0.15) is 6.10 Å². The lowest BCUT2D eigenvalue weighted by molar-refractivity contribution is -0.126. The average molecular weight is 370 g/mol. The molecule has 144 valence electrons. The molecule has 0 radical (unpaired) electrons. The predicted molar refractivity (Wildman–Crippen MR) is 109 cm³/mol. The highest BCUT2D eigenvalue weighted by Gasteiger charge is 2.21. The van der Waals surface area contributed by atoms with Gasteiger partial charge in [-0.1, -0.05) is 83.5 Å². The number of para-hydroxylation sites is 1. The molecule has 1 aromatic rings. The number of carbonyl (C=O) groups excluding carboxylic acids is 1. The largest absolute Gasteiger partial charge is 0.372 e. The van der Waals surface area contributed by atoms with Crippen molar-refractivity contribution >= 4 is 23.2 Å². The third-order valence-corrected chi connectivity index (χ3v) is 4.60. The molecule has 2 rings (SSSR count). The number of carbonyl (C=O) groups is 1. The molecular weight excluding hydrogens is 334 g/mol. The summed E-state index contributed by atoms with van der Waals surface area (Å²) in [6.45, 7) is 8.00. The Hall–Kier alpha value is -1.06. The molecule has 0 aromatic heterocycles. The lowest BCUT2D eigenvalue weighted by atomic mass is 9.85. The van der Waals surface area contributed by atoms with Crippen molar-refractivity contribution in [3.05, 3.63) is 29.3 Å². The molecule has 0 aliphatic heterocycles. The molecule has 1 amide bonds. The summed E-state index contributed by atoms with van der Waals surface area (Å²) >= 11 is 6.06. The van der Waals surface area contributed by atoms with E-state index in [-0.39, 0.29) is 5.91 Å². The van der Waals surface area contributed by atoms with Crippen molar-refractivity contribution in [2.45, 2.75) is 78.7 Å². The van der Waals surface area contributed by atoms with Gasteiger partial charge in [0.05, 0.1) is 10.7 Å². The van der Waals surface area contributed by atoms with Crippen LogP contribution in [-0.4, -0.2) is 19.1 Å². The first-order chi connectivity index (χ1) is 12.2. The second-order valence-corrected chi connectivity index (χ2v) is 6.18. The van der Waals surface area contributed by atoms with Crippen LogP contribution in [0.2, 0.25) is 5.02 Å². The molecule has 1 fully saturated rings. The number of rotatable bonds is 6. The van der Waals surface area contributed by atoms with Gasteiger partial charge in [-0.15, -0.1) is 0 Å². The van der Waals surface area contributed by atoms with Gasteiger partial charge in [-0.3, -0.25) is 4.79 Å². The maximum atomic E-state index is 12.3. The first-order valence-electron chi connectivity index (χ1n) is 9.79. The molecule has 25 heavy (non-hydrogen) atoms. The fourth-order valence-electron chi connectivity index (χ4n) is 2.99. The van der Waals surface area contributed by atoms with Crippen LogP contribution in [0.3, 0.4) is 0 Å². The molecule has 0 bridgehead atoms. The van der Waals surface area contributed by atoms with E-state index >= 15 is 0 Å². The monoisotopic (exact) mass is 369 g/mol. The van der Waals surface area contributed by atoms with Crippen LogP contribution in [0.4, 0.5) is 5.69 Å². The van der Waals surface area contributed by atoms with Crippen molar-refractivity contribution in [2.24, 2.45) is 5.92 Å². The Morgan fingerprint density at radius 3 is 2.32 bits per heavy atom. The number of hydrogen-bond acceptors (Lipinski definition) is 2. The first kappa shape index (κ1) is 23.9. The Kier molecular flexibility index (Phi) is 14.6. The predicted octanol–water partition coefficient (Wildman–Crippen LogP) is 6.71. The summed E-state index contributed by atoms with van der Waals surface area (Å²) in [5, 5.41) is 3.40. The van der Waals surface area contributed by atoms with Crippen molar-refractivity contribution < 1.29 is 9.53 Å². The Morgan fingerprint density at radius 2 is 1.76 bits per heavy atom. The highest BCUT2D eigenvalue weighted by atomic mass is 35.5. The molecule has 3 nitrogen and oxygen atoms in total. The number of ether oxygens (including phenoxy) is 1. The van der Waals surface area contributed by atoms with E-state index in [0.717, 1.165) is 18.8 Å². The molecule has 1 saturated carbocycles. The van der Waals surface area contributed by atoms with Gasteiger partial charge in [-0.05, 0) is 30.9 Å². The summed E-state index contributed by atoms with van der Waals surface area (Å²) in [5.74, 6) is 0.644. The van der Waals surface area contributed by atoms with Crippen molar-refractivity contribution in [3.8, 4) is 0 Å². The minimum absolute atomic E-state index is 0.110. The minimum Gasteiger partial charge on any atom is -0.372 e. The van der Waals surface area contributed by atoms with E-state index in [1.54, 1.807) is 19.2 Å². The number of methoxy groups -OCH3 is 1. The summed E-state index contributed by atoms with van der Waals surface area (Å²) in [7, 11) is 1.59. The molecule has 0 spiro atoms. The van der Waals surface area contributed by atoms with Gasteiger partial charge >= 0.3 is 0 Å². The van der Waals surface area contributed by atoms with Crippen molar-refractivity contribution in [3.63, 3.8) is 0 Å². The molecule has 1 atom stereocenters. The van der Waals surface area contributed by atoms with Gasteiger partial charge in [-0.2, -0.15) is 0 Å². The van der Waals surface area contributed by atoms with Crippen molar-refractivity contribution in [2.75, 3.05) is 12.4 Å². The molecule has 1 N–H and O–H groups in total. The van der Waals surface area contributed by atoms with E-state index in [9.17, 15) is 4.79 Å². The first-order valence-corrected chi connectivity index (χ1v) is 10.2. The molecule has 0 heterocycles. The highest BCUT2D eigenvalue weighted by Crippen LogP contribution is 2.28. The van der Waals surface area contributed by atoms with Crippen LogP contribution in [0.15, 0.2) is 24.3 Å². The topological polar surface area (TPSA) is 38.3 Å². The fourth-order valence-corrected chi connectivity index (χ4v) is 3.18. The van der Waals surface area contributed by atoms with Crippen molar-refractivity contribution in [1.29, 1.82) is 0 Å². The zero-order valence-electron chi connectivity index (χ0n) is 16.6. The summed E-state index contributed by atoms with van der Waals surface area (Å²) in [5.41, 5.74) is 0.642. The molecule has 1 aromatic carbocycles. The smallest absolute Gasteiger partial charge is 0.253 e. The van der Waals surface area contributed by atoms with Gasteiger partial charge in [0.25, 0.3) is 5.91 Å². The fraction of sp³-hybridized carbons (Fsp3) is 0.667. The zero-order chi connectivity index (χ0) is 19.1. The van der Waals surface area contributed by atoms with E-state index in [1.807, 2.05) is 39.8 Å². The normalized spacial score (nSPS) is 15.1. The molecule has 1 unspecified atom stereocenters. The summed E-state index contributed by atoms with van der Waals surface area (Å²) < 4.78 is 5.36. The van der Waals surface area contributed by atoms with E-state index in [2.05, 4.69) is 5.32 Å². The number of nitrogens with one attached hydrogen (secondary N) is 1. The number of anilines is 1. The summed E-state index contributed by atoms with van der Waals surface area (Å²) in [4.78, 5) is 12.3. The van der Waals surface area contributed by atoms with Crippen LogP contribution in [0.5, 0.6) is 0 Å². The highest BCUT2D eigenvalue weighted by molar-refractivity contribution is 6.33. The second kappa shape index (κ2) is 15.2. The molecule has 1 aliphatic rings.